The molecule has 0 saturated carbocycles. The fourth-order valence-electron chi connectivity index (χ4n) is 2.43. The van der Waals surface area contributed by atoms with Gasteiger partial charge in [-0.05, 0) is 59.9 Å². The van der Waals surface area contributed by atoms with Crippen molar-refractivity contribution in [2.75, 3.05) is 20.8 Å². The van der Waals surface area contributed by atoms with E-state index in [0.29, 0.717) is 12.1 Å². The number of halogens is 1. The number of benzene rings is 1. The maximum Gasteiger partial charge on any atom is 0.133 e. The molecule has 1 aliphatic heterocycles. The van der Waals surface area contributed by atoms with Crippen LogP contribution < -0.4 is 10.1 Å². The average molecular weight is 314 g/mol. The second-order valence-electron chi connectivity index (χ2n) is 4.62. The van der Waals surface area contributed by atoms with Crippen LogP contribution in [-0.2, 0) is 11.2 Å². The summed E-state index contributed by atoms with van der Waals surface area (Å²) in [7, 11) is 3.69. The minimum Gasteiger partial charge on any atom is -0.496 e. The first-order chi connectivity index (χ1) is 8.74. The van der Waals surface area contributed by atoms with Crippen LogP contribution >= 0.6 is 15.9 Å². The lowest BCUT2D eigenvalue weighted by molar-refractivity contribution is 0.0808. The van der Waals surface area contributed by atoms with Gasteiger partial charge in [0.25, 0.3) is 0 Å². The Hall–Kier alpha value is -0.580. The Morgan fingerprint density at radius 2 is 2.39 bits per heavy atom. The highest BCUT2D eigenvalue weighted by atomic mass is 79.9. The molecule has 2 unspecified atom stereocenters. The van der Waals surface area contributed by atoms with Crippen LogP contribution in [0.15, 0.2) is 22.7 Å². The molecule has 0 bridgehead atoms. The van der Waals surface area contributed by atoms with Crippen LogP contribution in [-0.4, -0.2) is 32.9 Å². The zero-order chi connectivity index (χ0) is 13.0. The molecule has 1 aromatic carbocycles. The summed E-state index contributed by atoms with van der Waals surface area (Å²) in [5, 5.41) is 3.37. The Balaban J connectivity index is 2.04. The molecular weight excluding hydrogens is 294 g/mol. The number of rotatable bonds is 5. The topological polar surface area (TPSA) is 30.5 Å². The maximum atomic E-state index is 5.75. The lowest BCUT2D eigenvalue weighted by atomic mass is 9.99. The Morgan fingerprint density at radius 3 is 2.94 bits per heavy atom. The van der Waals surface area contributed by atoms with Crippen LogP contribution in [0.2, 0.25) is 0 Å². The Kier molecular flexibility index (Phi) is 5.03. The minimum atomic E-state index is 0.343. The van der Waals surface area contributed by atoms with E-state index in [1.54, 1.807) is 7.11 Å². The highest BCUT2D eigenvalue weighted by molar-refractivity contribution is 9.10. The zero-order valence-electron chi connectivity index (χ0n) is 10.9. The van der Waals surface area contributed by atoms with Crippen LogP contribution in [0.5, 0.6) is 5.75 Å². The molecule has 4 heteroatoms. The predicted octanol–water partition coefficient (Wildman–Crippen LogP) is 2.77. The second-order valence-corrected chi connectivity index (χ2v) is 5.47. The number of methoxy groups -OCH3 is 1. The minimum absolute atomic E-state index is 0.343. The number of likely N-dealkylation sites (N-methyl/N-ethyl adjacent to an activating group) is 1. The highest BCUT2D eigenvalue weighted by Gasteiger charge is 2.24. The van der Waals surface area contributed by atoms with Gasteiger partial charge in [0.1, 0.15) is 5.75 Å². The molecule has 1 heterocycles. The summed E-state index contributed by atoms with van der Waals surface area (Å²) in [4.78, 5) is 0. The van der Waals surface area contributed by atoms with Crippen LogP contribution in [0.4, 0.5) is 0 Å². The molecule has 3 nitrogen and oxygen atoms in total. The first kappa shape index (κ1) is 13.8. The van der Waals surface area contributed by atoms with Crippen molar-refractivity contribution in [1.82, 2.24) is 5.32 Å². The summed E-state index contributed by atoms with van der Waals surface area (Å²) in [6.07, 6.45) is 3.65. The number of nitrogens with one attached hydrogen (secondary N) is 1. The van der Waals surface area contributed by atoms with Gasteiger partial charge in [0.05, 0.1) is 17.7 Å². The molecule has 0 aliphatic carbocycles. The third kappa shape index (κ3) is 3.25. The summed E-state index contributed by atoms with van der Waals surface area (Å²) >= 11 is 3.53. The second kappa shape index (κ2) is 6.55. The van der Waals surface area contributed by atoms with E-state index < -0.39 is 0 Å². The zero-order valence-corrected chi connectivity index (χ0v) is 12.5. The van der Waals surface area contributed by atoms with Crippen molar-refractivity contribution in [2.45, 2.75) is 31.4 Å². The molecule has 2 rings (SSSR count). The van der Waals surface area contributed by atoms with Gasteiger partial charge in [-0.3, -0.25) is 0 Å². The first-order valence-electron chi connectivity index (χ1n) is 6.36. The molecule has 1 fully saturated rings. The Morgan fingerprint density at radius 1 is 1.56 bits per heavy atom. The van der Waals surface area contributed by atoms with Gasteiger partial charge in [-0.25, -0.2) is 0 Å². The van der Waals surface area contributed by atoms with Crippen molar-refractivity contribution in [3.63, 3.8) is 0 Å². The van der Waals surface area contributed by atoms with Gasteiger partial charge >= 0.3 is 0 Å². The fourth-order valence-corrected chi connectivity index (χ4v) is 3.02. The van der Waals surface area contributed by atoms with E-state index >= 15 is 0 Å². The van der Waals surface area contributed by atoms with E-state index in [1.807, 2.05) is 13.1 Å². The normalized spacial score (nSPS) is 20.9. The molecule has 0 spiro atoms. The fraction of sp³-hybridized carbons (Fsp3) is 0.571. The molecular formula is C14H20BrNO2. The maximum absolute atomic E-state index is 5.75. The van der Waals surface area contributed by atoms with Crippen molar-refractivity contribution < 1.29 is 9.47 Å². The summed E-state index contributed by atoms with van der Waals surface area (Å²) < 4.78 is 12.0. The van der Waals surface area contributed by atoms with Crippen molar-refractivity contribution >= 4 is 15.9 Å². The molecule has 18 heavy (non-hydrogen) atoms. The SMILES string of the molecule is CNC(Cc1ccc(OC)c(Br)c1)C1CCCO1. The van der Waals surface area contributed by atoms with E-state index in [9.17, 15) is 0 Å². The molecule has 0 radical (unpaired) electrons. The Bertz CT molecular complexity index is 391. The van der Waals surface area contributed by atoms with E-state index in [4.69, 9.17) is 9.47 Å². The van der Waals surface area contributed by atoms with Crippen molar-refractivity contribution in [3.8, 4) is 5.75 Å². The monoisotopic (exact) mass is 313 g/mol. The van der Waals surface area contributed by atoms with Crippen LogP contribution in [0.1, 0.15) is 18.4 Å². The lowest BCUT2D eigenvalue weighted by Crippen LogP contribution is -2.39. The van der Waals surface area contributed by atoms with E-state index in [2.05, 4.69) is 33.4 Å². The molecule has 1 N–H and O–H groups in total. The summed E-state index contributed by atoms with van der Waals surface area (Å²) in [6.45, 7) is 0.898. The molecule has 100 valence electrons. The summed E-state index contributed by atoms with van der Waals surface area (Å²) in [5.41, 5.74) is 1.29. The van der Waals surface area contributed by atoms with Gasteiger partial charge in [-0.1, -0.05) is 6.07 Å². The Labute approximate surface area is 117 Å². The number of ether oxygens (including phenoxy) is 2. The predicted molar refractivity (Wildman–Crippen MR) is 76.2 cm³/mol. The summed E-state index contributed by atoms with van der Waals surface area (Å²) in [6, 6.07) is 6.62. The van der Waals surface area contributed by atoms with E-state index in [0.717, 1.165) is 29.7 Å². The van der Waals surface area contributed by atoms with E-state index in [-0.39, 0.29) is 0 Å². The van der Waals surface area contributed by atoms with Gasteiger partial charge in [-0.2, -0.15) is 0 Å². The third-order valence-electron chi connectivity index (χ3n) is 3.46. The van der Waals surface area contributed by atoms with Gasteiger partial charge in [0, 0.05) is 12.6 Å². The third-order valence-corrected chi connectivity index (χ3v) is 4.08. The molecule has 1 saturated heterocycles. The van der Waals surface area contributed by atoms with Crippen molar-refractivity contribution in [2.24, 2.45) is 0 Å². The van der Waals surface area contributed by atoms with Gasteiger partial charge < -0.3 is 14.8 Å². The van der Waals surface area contributed by atoms with Gasteiger partial charge in [-0.15, -0.1) is 0 Å². The van der Waals surface area contributed by atoms with E-state index in [1.165, 1.54) is 12.0 Å². The quantitative estimate of drug-likeness (QED) is 0.906. The highest BCUT2D eigenvalue weighted by Crippen LogP contribution is 2.27. The van der Waals surface area contributed by atoms with Crippen molar-refractivity contribution in [1.29, 1.82) is 0 Å². The molecule has 1 aromatic rings. The number of hydrogen-bond donors (Lipinski definition) is 1. The molecule has 0 amide bonds. The largest absolute Gasteiger partial charge is 0.496 e. The van der Waals surface area contributed by atoms with Crippen LogP contribution in [0.3, 0.4) is 0 Å². The van der Waals surface area contributed by atoms with Gasteiger partial charge in [0.2, 0.25) is 0 Å². The lowest BCUT2D eigenvalue weighted by Gasteiger charge is -2.22. The van der Waals surface area contributed by atoms with Gasteiger partial charge in [0.15, 0.2) is 0 Å². The van der Waals surface area contributed by atoms with Crippen molar-refractivity contribution in [3.05, 3.63) is 28.2 Å². The number of hydrogen-bond acceptors (Lipinski definition) is 3. The van der Waals surface area contributed by atoms with Crippen LogP contribution in [0.25, 0.3) is 0 Å². The van der Waals surface area contributed by atoms with Crippen LogP contribution in [0, 0.1) is 0 Å². The average Bonchev–Trinajstić information content (AvgIpc) is 2.90. The molecule has 0 aromatic heterocycles. The smallest absolute Gasteiger partial charge is 0.133 e. The molecule has 1 aliphatic rings. The standard InChI is InChI=1S/C14H20BrNO2/c1-16-12(14-4-3-7-18-14)9-10-5-6-13(17-2)11(15)8-10/h5-6,8,12,14,16H,3-4,7,9H2,1-2H3. The first-order valence-corrected chi connectivity index (χ1v) is 7.15. The summed E-state index contributed by atoms with van der Waals surface area (Å²) in [5.74, 6) is 0.872. The molecule has 2 atom stereocenters.